The SMILES string of the molecule is CC1=CC=CN2CC(C(=O)O)C(=O)C(CN3CCC(C#N)(c4ccccn4)CC3)=C12. The summed E-state index contributed by atoms with van der Waals surface area (Å²) < 4.78 is 0. The Morgan fingerprint density at radius 2 is 2.13 bits per heavy atom. The predicted octanol–water partition coefficient (Wildman–Crippen LogP) is 2.25. The van der Waals surface area contributed by atoms with E-state index in [-0.39, 0.29) is 12.3 Å². The molecule has 1 aromatic heterocycles. The van der Waals surface area contributed by atoms with Crippen LogP contribution in [-0.2, 0) is 15.0 Å². The fraction of sp³-hybridized carbons (Fsp3) is 0.391. The lowest BCUT2D eigenvalue weighted by Crippen LogP contribution is -2.47. The highest BCUT2D eigenvalue weighted by atomic mass is 16.4. The number of likely N-dealkylation sites (tertiary alicyclic amines) is 1. The first-order valence-corrected chi connectivity index (χ1v) is 10.1. The van der Waals surface area contributed by atoms with Crippen LogP contribution in [0.3, 0.4) is 0 Å². The summed E-state index contributed by atoms with van der Waals surface area (Å²) in [6.07, 6.45) is 8.61. The highest BCUT2D eigenvalue weighted by molar-refractivity contribution is 6.10. The van der Waals surface area contributed by atoms with Crippen LogP contribution in [0.2, 0.25) is 0 Å². The number of nitriles is 1. The number of carbonyl (C=O) groups excluding carboxylic acids is 1. The quantitative estimate of drug-likeness (QED) is 0.769. The third-order valence-corrected chi connectivity index (χ3v) is 6.31. The number of Topliss-reactive ketones (excluding diaryl/α,β-unsaturated/α-hetero) is 1. The Morgan fingerprint density at radius 1 is 1.37 bits per heavy atom. The normalized spacial score (nSPS) is 23.6. The number of nitrogens with zero attached hydrogens (tertiary/aromatic N) is 4. The molecular weight excluding hydrogens is 380 g/mol. The second-order valence-corrected chi connectivity index (χ2v) is 8.11. The Bertz CT molecular complexity index is 995. The molecule has 4 heterocycles. The molecule has 1 fully saturated rings. The zero-order chi connectivity index (χ0) is 21.3. The maximum atomic E-state index is 13.0. The predicted molar refractivity (Wildman–Crippen MR) is 110 cm³/mol. The average molecular weight is 404 g/mol. The van der Waals surface area contributed by atoms with E-state index in [0.29, 0.717) is 38.0 Å². The van der Waals surface area contributed by atoms with Gasteiger partial charge in [0.25, 0.3) is 0 Å². The summed E-state index contributed by atoms with van der Waals surface area (Å²) in [6, 6.07) is 8.10. The Balaban J connectivity index is 1.57. The van der Waals surface area contributed by atoms with Gasteiger partial charge in [-0.15, -0.1) is 0 Å². The first-order chi connectivity index (χ1) is 14.4. The minimum absolute atomic E-state index is 0.159. The van der Waals surface area contributed by atoms with E-state index in [2.05, 4.69) is 16.0 Å². The average Bonchev–Trinajstić information content (AvgIpc) is 2.76. The number of ketones is 1. The topological polar surface area (TPSA) is 97.5 Å². The van der Waals surface area contributed by atoms with Gasteiger partial charge < -0.3 is 10.0 Å². The second-order valence-electron chi connectivity index (χ2n) is 8.11. The highest BCUT2D eigenvalue weighted by Crippen LogP contribution is 2.36. The number of aromatic nitrogens is 1. The minimum Gasteiger partial charge on any atom is -0.481 e. The molecule has 1 unspecified atom stereocenters. The molecule has 1 saturated heterocycles. The number of hydrogen-bond donors (Lipinski definition) is 1. The fourth-order valence-electron chi connectivity index (χ4n) is 4.57. The van der Waals surface area contributed by atoms with E-state index in [9.17, 15) is 20.0 Å². The molecule has 0 spiro atoms. The summed E-state index contributed by atoms with van der Waals surface area (Å²) in [4.78, 5) is 33.1. The van der Waals surface area contributed by atoms with Crippen molar-refractivity contribution in [1.82, 2.24) is 14.8 Å². The lowest BCUT2D eigenvalue weighted by Gasteiger charge is -2.40. The molecule has 7 nitrogen and oxygen atoms in total. The van der Waals surface area contributed by atoms with Crippen LogP contribution in [-0.4, -0.2) is 57.8 Å². The van der Waals surface area contributed by atoms with E-state index in [1.807, 2.05) is 48.4 Å². The van der Waals surface area contributed by atoms with Crippen molar-refractivity contribution in [3.05, 3.63) is 65.3 Å². The molecule has 0 aromatic carbocycles. The van der Waals surface area contributed by atoms with Crippen LogP contribution in [0.15, 0.2) is 59.6 Å². The van der Waals surface area contributed by atoms with Crippen molar-refractivity contribution in [2.75, 3.05) is 26.2 Å². The first-order valence-electron chi connectivity index (χ1n) is 10.1. The Morgan fingerprint density at radius 3 is 2.77 bits per heavy atom. The largest absolute Gasteiger partial charge is 0.481 e. The van der Waals surface area contributed by atoms with Crippen LogP contribution in [0.5, 0.6) is 0 Å². The maximum absolute atomic E-state index is 13.0. The van der Waals surface area contributed by atoms with E-state index >= 15 is 0 Å². The van der Waals surface area contributed by atoms with E-state index < -0.39 is 17.3 Å². The Labute approximate surface area is 175 Å². The lowest BCUT2D eigenvalue weighted by molar-refractivity contribution is -0.146. The molecule has 3 aliphatic heterocycles. The van der Waals surface area contributed by atoms with Crippen LogP contribution in [0.1, 0.15) is 25.5 Å². The number of hydrogen-bond acceptors (Lipinski definition) is 6. The van der Waals surface area contributed by atoms with Crippen LogP contribution in [0, 0.1) is 17.2 Å². The molecule has 7 heteroatoms. The third kappa shape index (κ3) is 3.44. The van der Waals surface area contributed by atoms with Gasteiger partial charge in [0.2, 0.25) is 0 Å². The van der Waals surface area contributed by atoms with Crippen LogP contribution in [0.4, 0.5) is 0 Å². The standard InChI is InChI=1S/C23H24N4O3/c1-16-5-4-10-27-14-18(22(29)30)21(28)17(20(16)27)13-26-11-7-23(15-24,8-12-26)19-6-2-3-9-25-19/h2-6,9-10,18H,7-8,11-14H2,1H3,(H,29,30). The van der Waals surface area contributed by atoms with Crippen molar-refractivity contribution >= 4 is 11.8 Å². The van der Waals surface area contributed by atoms with Gasteiger partial charge in [-0.1, -0.05) is 12.1 Å². The molecule has 3 aliphatic rings. The summed E-state index contributed by atoms with van der Waals surface area (Å²) in [7, 11) is 0. The first kappa shape index (κ1) is 20.0. The number of carboxylic acid groups (broad SMARTS) is 1. The van der Waals surface area contributed by atoms with Gasteiger partial charge >= 0.3 is 5.97 Å². The van der Waals surface area contributed by atoms with Crippen LogP contribution in [0.25, 0.3) is 0 Å². The monoisotopic (exact) mass is 404 g/mol. The van der Waals surface area contributed by atoms with E-state index in [0.717, 1.165) is 17.0 Å². The summed E-state index contributed by atoms with van der Waals surface area (Å²) in [5, 5.41) is 19.4. The van der Waals surface area contributed by atoms with Gasteiger partial charge in [-0.05, 0) is 43.5 Å². The smallest absolute Gasteiger partial charge is 0.316 e. The van der Waals surface area contributed by atoms with Crippen molar-refractivity contribution < 1.29 is 14.7 Å². The molecule has 0 radical (unpaired) electrons. The number of carboxylic acids is 1. The van der Waals surface area contributed by atoms with Gasteiger partial charge in [-0.2, -0.15) is 5.26 Å². The molecule has 1 atom stereocenters. The molecule has 4 rings (SSSR count). The number of aliphatic carboxylic acids is 1. The van der Waals surface area contributed by atoms with Gasteiger partial charge in [0.05, 0.1) is 17.5 Å². The number of allylic oxidation sites excluding steroid dienone is 3. The third-order valence-electron chi connectivity index (χ3n) is 6.31. The molecule has 1 aromatic rings. The molecule has 0 aliphatic carbocycles. The van der Waals surface area contributed by atoms with Crippen molar-refractivity contribution in [2.24, 2.45) is 5.92 Å². The molecule has 154 valence electrons. The molecule has 0 saturated carbocycles. The zero-order valence-corrected chi connectivity index (χ0v) is 16.9. The van der Waals surface area contributed by atoms with Crippen molar-refractivity contribution in [3.8, 4) is 6.07 Å². The zero-order valence-electron chi connectivity index (χ0n) is 16.9. The summed E-state index contributed by atoms with van der Waals surface area (Å²) in [5.41, 5.74) is 2.50. The second kappa shape index (κ2) is 7.88. The molecule has 1 N–H and O–H groups in total. The number of piperidine rings is 1. The minimum atomic E-state index is -1.09. The van der Waals surface area contributed by atoms with Gasteiger partial charge in [0.1, 0.15) is 11.3 Å². The van der Waals surface area contributed by atoms with Gasteiger partial charge in [0, 0.05) is 44.1 Å². The molecular formula is C23H24N4O3. The van der Waals surface area contributed by atoms with Crippen molar-refractivity contribution in [2.45, 2.75) is 25.2 Å². The molecule has 30 heavy (non-hydrogen) atoms. The summed E-state index contributed by atoms with van der Waals surface area (Å²) in [5.74, 6) is -2.45. The maximum Gasteiger partial charge on any atom is 0.316 e. The number of fused-ring (bicyclic) bond motifs is 1. The van der Waals surface area contributed by atoms with E-state index in [1.165, 1.54) is 0 Å². The number of rotatable bonds is 4. The molecule has 0 bridgehead atoms. The number of pyridine rings is 1. The van der Waals surface area contributed by atoms with Crippen molar-refractivity contribution in [1.29, 1.82) is 5.26 Å². The Kier molecular flexibility index (Phi) is 5.27. The molecule has 0 amide bonds. The summed E-state index contributed by atoms with van der Waals surface area (Å²) in [6.45, 7) is 3.77. The van der Waals surface area contributed by atoms with Crippen LogP contribution >= 0.6 is 0 Å². The van der Waals surface area contributed by atoms with E-state index in [4.69, 9.17) is 0 Å². The van der Waals surface area contributed by atoms with Crippen LogP contribution < -0.4 is 0 Å². The number of carbonyl (C=O) groups is 2. The van der Waals surface area contributed by atoms with Gasteiger partial charge in [-0.3, -0.25) is 19.5 Å². The van der Waals surface area contributed by atoms with Gasteiger partial charge in [-0.25, -0.2) is 0 Å². The summed E-state index contributed by atoms with van der Waals surface area (Å²) >= 11 is 0. The fourth-order valence-corrected chi connectivity index (χ4v) is 4.57. The Hall–Kier alpha value is -3.24. The highest BCUT2D eigenvalue weighted by Gasteiger charge is 2.41. The van der Waals surface area contributed by atoms with Gasteiger partial charge in [0.15, 0.2) is 5.78 Å². The van der Waals surface area contributed by atoms with E-state index in [1.54, 1.807) is 6.20 Å². The lowest BCUT2D eigenvalue weighted by atomic mass is 9.76. The van der Waals surface area contributed by atoms with Crippen molar-refractivity contribution in [3.63, 3.8) is 0 Å².